The van der Waals surface area contributed by atoms with Crippen LogP contribution in [0.1, 0.15) is 22.3 Å². The van der Waals surface area contributed by atoms with Crippen LogP contribution >= 0.6 is 0 Å². The number of hydrogen-bond donors (Lipinski definition) is 0. The van der Waals surface area contributed by atoms with Gasteiger partial charge in [-0.25, -0.2) is 8.78 Å². The zero-order valence-corrected chi connectivity index (χ0v) is 14.8. The van der Waals surface area contributed by atoms with Gasteiger partial charge in [0.25, 0.3) is 11.8 Å². The van der Waals surface area contributed by atoms with Gasteiger partial charge < -0.3 is 14.4 Å². The average molecular weight is 354 g/mol. The second-order valence-corrected chi connectivity index (χ2v) is 6.84. The normalized spacial score (nSPS) is 23.6. The number of hydrogen-bond acceptors (Lipinski definition) is 4. The summed E-state index contributed by atoms with van der Waals surface area (Å²) in [6.45, 7) is 2.80. The number of likely N-dealkylation sites (tertiary alicyclic amines) is 2. The van der Waals surface area contributed by atoms with Crippen LogP contribution in [0.25, 0.3) is 0 Å². The summed E-state index contributed by atoms with van der Waals surface area (Å²) in [6, 6.07) is 5.04. The Bertz CT molecular complexity index is 647. The van der Waals surface area contributed by atoms with Gasteiger partial charge in [-0.1, -0.05) is 6.07 Å². The molecule has 2 saturated heterocycles. The molecule has 0 N–H and O–H groups in total. The van der Waals surface area contributed by atoms with Crippen molar-refractivity contribution in [2.24, 2.45) is 0 Å². The molecule has 1 atom stereocenters. The van der Waals surface area contributed by atoms with E-state index in [9.17, 15) is 13.6 Å². The van der Waals surface area contributed by atoms with E-state index < -0.39 is 5.92 Å². The van der Waals surface area contributed by atoms with Crippen molar-refractivity contribution in [1.82, 2.24) is 9.80 Å². The molecule has 0 bridgehead atoms. The number of ether oxygens (including phenoxy) is 2. The average Bonchev–Trinajstić information content (AvgIpc) is 2.81. The molecular formula is C18H24F2N2O3. The number of benzene rings is 1. The Morgan fingerprint density at radius 3 is 2.68 bits per heavy atom. The quantitative estimate of drug-likeness (QED) is 0.813. The lowest BCUT2D eigenvalue weighted by molar-refractivity contribution is -0.0136. The lowest BCUT2D eigenvalue weighted by Crippen LogP contribution is -2.62. The largest absolute Gasteiger partial charge is 0.496 e. The van der Waals surface area contributed by atoms with Crippen LogP contribution in [0.3, 0.4) is 0 Å². The maximum Gasteiger partial charge on any atom is 0.262 e. The van der Waals surface area contributed by atoms with Crippen LogP contribution in [0, 0.1) is 6.92 Å². The molecular weight excluding hydrogens is 330 g/mol. The first-order valence-corrected chi connectivity index (χ1v) is 8.41. The Morgan fingerprint density at radius 2 is 2.04 bits per heavy atom. The third-order valence-corrected chi connectivity index (χ3v) is 5.13. The molecule has 1 amide bonds. The molecule has 0 saturated carbocycles. The molecule has 0 aromatic heterocycles. The molecule has 5 nitrogen and oxygen atoms in total. The smallest absolute Gasteiger partial charge is 0.262 e. The summed E-state index contributed by atoms with van der Waals surface area (Å²) >= 11 is 0. The fourth-order valence-electron chi connectivity index (χ4n) is 3.77. The molecule has 0 aliphatic carbocycles. The maximum absolute atomic E-state index is 13.8. The van der Waals surface area contributed by atoms with Crippen LogP contribution in [-0.4, -0.2) is 74.2 Å². The number of nitrogens with zero attached hydrogens (tertiary/aromatic N) is 2. The highest BCUT2D eigenvalue weighted by molar-refractivity contribution is 5.96. The number of alkyl halides is 2. The molecule has 1 aromatic carbocycles. The van der Waals surface area contributed by atoms with E-state index >= 15 is 0 Å². The lowest BCUT2D eigenvalue weighted by Gasteiger charge is -2.46. The minimum Gasteiger partial charge on any atom is -0.496 e. The maximum atomic E-state index is 13.8. The summed E-state index contributed by atoms with van der Waals surface area (Å²) in [6.07, 6.45) is -0.180. The highest BCUT2D eigenvalue weighted by atomic mass is 19.3. The minimum absolute atomic E-state index is 0.0385. The third kappa shape index (κ3) is 3.48. The Labute approximate surface area is 146 Å². The Hall–Kier alpha value is -1.73. The highest BCUT2D eigenvalue weighted by Gasteiger charge is 2.50. The van der Waals surface area contributed by atoms with E-state index in [1.54, 1.807) is 29.0 Å². The van der Waals surface area contributed by atoms with Crippen molar-refractivity contribution in [2.45, 2.75) is 31.4 Å². The summed E-state index contributed by atoms with van der Waals surface area (Å²) in [4.78, 5) is 16.2. The molecule has 138 valence electrons. The van der Waals surface area contributed by atoms with E-state index in [4.69, 9.17) is 9.47 Å². The van der Waals surface area contributed by atoms with Gasteiger partial charge >= 0.3 is 0 Å². The van der Waals surface area contributed by atoms with Crippen LogP contribution in [0.2, 0.25) is 0 Å². The number of halogens is 2. The summed E-state index contributed by atoms with van der Waals surface area (Å²) in [7, 11) is 3.09. The first kappa shape index (κ1) is 18.1. The van der Waals surface area contributed by atoms with Crippen LogP contribution in [0.5, 0.6) is 5.75 Å². The minimum atomic E-state index is -2.68. The van der Waals surface area contributed by atoms with Crippen molar-refractivity contribution in [2.75, 3.05) is 40.5 Å². The monoisotopic (exact) mass is 354 g/mol. The van der Waals surface area contributed by atoms with Gasteiger partial charge in [0.2, 0.25) is 0 Å². The fraction of sp³-hybridized carbons (Fsp3) is 0.611. The SMILES string of the molecule is COC[C@@H]1CC(F)(F)CN1C1CN(C(=O)c2cccc(OC)c2C)C1. The standard InChI is InChI=1S/C18H24F2N2O3/c1-12-15(5-4-6-16(12)25-3)17(23)21-8-14(9-21)22-11-18(19,20)7-13(22)10-24-2/h4-6,13-14H,7-11H2,1-3H3/t13-/m0/s1. The molecule has 3 rings (SSSR count). The van der Waals surface area contributed by atoms with E-state index in [1.807, 2.05) is 13.0 Å². The molecule has 2 aliphatic heterocycles. The van der Waals surface area contributed by atoms with Crippen molar-refractivity contribution in [3.63, 3.8) is 0 Å². The first-order chi connectivity index (χ1) is 11.9. The van der Waals surface area contributed by atoms with Crippen molar-refractivity contribution in [1.29, 1.82) is 0 Å². The second-order valence-electron chi connectivity index (χ2n) is 6.84. The van der Waals surface area contributed by atoms with Gasteiger partial charge in [-0.2, -0.15) is 0 Å². The summed E-state index contributed by atoms with van der Waals surface area (Å²) in [5.74, 6) is -2.10. The van der Waals surface area contributed by atoms with Crippen LogP contribution < -0.4 is 4.74 Å². The van der Waals surface area contributed by atoms with Gasteiger partial charge in [0.05, 0.1) is 20.3 Å². The lowest BCUT2D eigenvalue weighted by atomic mass is 10.0. The second kappa shape index (κ2) is 6.88. The van der Waals surface area contributed by atoms with Crippen molar-refractivity contribution < 1.29 is 23.0 Å². The van der Waals surface area contributed by atoms with Crippen molar-refractivity contribution >= 4 is 5.91 Å². The molecule has 7 heteroatoms. The first-order valence-electron chi connectivity index (χ1n) is 8.41. The summed E-state index contributed by atoms with van der Waals surface area (Å²) < 4.78 is 37.8. The van der Waals surface area contributed by atoms with E-state index in [-0.39, 0.29) is 37.6 Å². The number of rotatable bonds is 5. The van der Waals surface area contributed by atoms with Crippen molar-refractivity contribution in [3.05, 3.63) is 29.3 Å². The summed E-state index contributed by atoms with van der Waals surface area (Å²) in [5.41, 5.74) is 1.39. The topological polar surface area (TPSA) is 42.0 Å². The highest BCUT2D eigenvalue weighted by Crippen LogP contribution is 2.36. The summed E-state index contributed by atoms with van der Waals surface area (Å²) in [5, 5.41) is 0. The van der Waals surface area contributed by atoms with Crippen LogP contribution in [0.4, 0.5) is 8.78 Å². The van der Waals surface area contributed by atoms with E-state index in [0.29, 0.717) is 24.4 Å². The van der Waals surface area contributed by atoms with E-state index in [2.05, 4.69) is 0 Å². The van der Waals surface area contributed by atoms with E-state index in [0.717, 1.165) is 5.56 Å². The van der Waals surface area contributed by atoms with Gasteiger partial charge in [0.1, 0.15) is 5.75 Å². The number of amides is 1. The zero-order chi connectivity index (χ0) is 18.2. The molecule has 0 radical (unpaired) electrons. The van der Waals surface area contributed by atoms with Crippen LogP contribution in [0.15, 0.2) is 18.2 Å². The molecule has 2 aliphatic rings. The number of carbonyl (C=O) groups is 1. The predicted octanol–water partition coefficient (Wildman–Crippen LogP) is 2.18. The number of carbonyl (C=O) groups excluding carboxylic acids is 1. The third-order valence-electron chi connectivity index (χ3n) is 5.13. The van der Waals surface area contributed by atoms with Gasteiger partial charge in [-0.05, 0) is 19.1 Å². The zero-order valence-electron chi connectivity index (χ0n) is 14.8. The molecule has 2 heterocycles. The number of methoxy groups -OCH3 is 2. The van der Waals surface area contributed by atoms with Crippen LogP contribution in [-0.2, 0) is 4.74 Å². The predicted molar refractivity (Wildman–Crippen MR) is 89.4 cm³/mol. The van der Waals surface area contributed by atoms with Gasteiger partial charge in [0, 0.05) is 49.8 Å². The molecule has 0 spiro atoms. The van der Waals surface area contributed by atoms with Gasteiger partial charge in [-0.15, -0.1) is 0 Å². The molecule has 25 heavy (non-hydrogen) atoms. The van der Waals surface area contributed by atoms with Crippen molar-refractivity contribution in [3.8, 4) is 5.75 Å². The Morgan fingerprint density at radius 1 is 1.32 bits per heavy atom. The molecule has 2 fully saturated rings. The Balaban J connectivity index is 1.65. The Kier molecular flexibility index (Phi) is 4.97. The van der Waals surface area contributed by atoms with E-state index in [1.165, 1.54) is 7.11 Å². The van der Waals surface area contributed by atoms with Gasteiger partial charge in [-0.3, -0.25) is 9.69 Å². The molecule has 1 aromatic rings. The fourth-order valence-corrected chi connectivity index (χ4v) is 3.77. The molecule has 0 unspecified atom stereocenters. The van der Waals surface area contributed by atoms with Gasteiger partial charge in [0.15, 0.2) is 0 Å².